The van der Waals surface area contributed by atoms with E-state index in [0.717, 1.165) is 16.9 Å². The number of hydrogen-bond donors (Lipinski definition) is 2. The summed E-state index contributed by atoms with van der Waals surface area (Å²) in [6.07, 6.45) is 2.64. The van der Waals surface area contributed by atoms with Crippen LogP contribution in [0.1, 0.15) is 51.9 Å². The molecule has 0 unspecified atom stereocenters. The lowest BCUT2D eigenvalue weighted by Crippen LogP contribution is -2.13. The first-order valence-electron chi connectivity index (χ1n) is 9.09. The second kappa shape index (κ2) is 9.88. The first kappa shape index (κ1) is 22.2. The highest BCUT2D eigenvalue weighted by Crippen LogP contribution is 2.34. The molecule has 2 aromatic rings. The molecule has 0 aliphatic heterocycles. The molecule has 29 heavy (non-hydrogen) atoms. The van der Waals surface area contributed by atoms with Gasteiger partial charge < -0.3 is 20.5 Å². The minimum atomic E-state index is -0.609. The fourth-order valence-electron chi connectivity index (χ4n) is 2.45. The predicted octanol–water partition coefficient (Wildman–Crippen LogP) is 4.03. The molecule has 1 heterocycles. The van der Waals surface area contributed by atoms with Crippen molar-refractivity contribution in [3.05, 3.63) is 51.9 Å². The van der Waals surface area contributed by atoms with E-state index in [0.29, 0.717) is 11.3 Å². The van der Waals surface area contributed by atoms with E-state index in [2.05, 4.69) is 5.32 Å². The van der Waals surface area contributed by atoms with Gasteiger partial charge in [-0.25, -0.2) is 9.59 Å². The van der Waals surface area contributed by atoms with Gasteiger partial charge in [-0.15, -0.1) is 11.3 Å². The quantitative estimate of drug-likeness (QED) is 0.401. The highest BCUT2D eigenvalue weighted by atomic mass is 32.1. The minimum Gasteiger partial charge on any atom is -0.462 e. The number of amides is 1. The molecule has 0 radical (unpaired) electrons. The van der Waals surface area contributed by atoms with Gasteiger partial charge in [0.15, 0.2) is 0 Å². The van der Waals surface area contributed by atoms with Crippen LogP contribution in [0.2, 0.25) is 0 Å². The molecule has 3 N–H and O–H groups in total. The van der Waals surface area contributed by atoms with Gasteiger partial charge in [0.1, 0.15) is 9.88 Å². The van der Waals surface area contributed by atoms with Gasteiger partial charge in [-0.1, -0.05) is 12.1 Å². The number of ether oxygens (including phenoxy) is 2. The largest absolute Gasteiger partial charge is 0.462 e. The van der Waals surface area contributed by atoms with Gasteiger partial charge in [0, 0.05) is 11.8 Å². The maximum atomic E-state index is 12.4. The molecule has 2 rings (SSSR count). The third-order valence-corrected chi connectivity index (χ3v) is 4.94. The number of anilines is 2. The standard InChI is InChI=1S/C21H24N2O5S/c1-5-27-20(25)17-13(4)18(21(26)28-12(2)3)29-19(17)23-16(24)11-8-14-6-9-15(22)10-7-14/h6-12H,5,22H2,1-4H3,(H,23,24)/b11-8+. The Balaban J connectivity index is 2.29. The van der Waals surface area contributed by atoms with E-state index in [1.807, 2.05) is 0 Å². The number of carbonyl (C=O) groups excluding carboxylic acids is 3. The molecular formula is C21H24N2O5S. The van der Waals surface area contributed by atoms with Crippen molar-refractivity contribution in [2.24, 2.45) is 0 Å². The molecule has 0 spiro atoms. The van der Waals surface area contributed by atoms with E-state index < -0.39 is 17.8 Å². The Morgan fingerprint density at radius 2 is 1.83 bits per heavy atom. The Kier molecular flexibility index (Phi) is 7.55. The van der Waals surface area contributed by atoms with Crippen LogP contribution in [0.15, 0.2) is 30.3 Å². The van der Waals surface area contributed by atoms with Crippen molar-refractivity contribution < 1.29 is 23.9 Å². The van der Waals surface area contributed by atoms with Crippen LogP contribution < -0.4 is 11.1 Å². The van der Waals surface area contributed by atoms with Gasteiger partial charge in [0.05, 0.1) is 18.3 Å². The van der Waals surface area contributed by atoms with Crippen molar-refractivity contribution in [3.63, 3.8) is 0 Å². The normalized spacial score (nSPS) is 10.9. The van der Waals surface area contributed by atoms with E-state index in [1.54, 1.807) is 58.0 Å². The lowest BCUT2D eigenvalue weighted by molar-refractivity contribution is -0.111. The summed E-state index contributed by atoms with van der Waals surface area (Å²) in [4.78, 5) is 37.4. The monoisotopic (exact) mass is 416 g/mol. The molecule has 0 bridgehead atoms. The van der Waals surface area contributed by atoms with Crippen LogP contribution in [0.3, 0.4) is 0 Å². The molecule has 1 amide bonds. The van der Waals surface area contributed by atoms with E-state index >= 15 is 0 Å². The van der Waals surface area contributed by atoms with Gasteiger partial charge in [0.25, 0.3) is 0 Å². The summed E-state index contributed by atoms with van der Waals surface area (Å²) in [6, 6.07) is 7.01. The Morgan fingerprint density at radius 1 is 1.17 bits per heavy atom. The van der Waals surface area contributed by atoms with Gasteiger partial charge >= 0.3 is 11.9 Å². The first-order chi connectivity index (χ1) is 13.7. The van der Waals surface area contributed by atoms with Crippen molar-refractivity contribution in [2.45, 2.75) is 33.8 Å². The zero-order valence-electron chi connectivity index (χ0n) is 16.8. The number of carbonyl (C=O) groups is 3. The molecule has 8 heteroatoms. The number of nitrogen functional groups attached to an aromatic ring is 1. The molecule has 0 saturated carbocycles. The fourth-order valence-corrected chi connectivity index (χ4v) is 3.53. The molecule has 1 aromatic carbocycles. The highest BCUT2D eigenvalue weighted by molar-refractivity contribution is 7.18. The van der Waals surface area contributed by atoms with Crippen LogP contribution in [0.25, 0.3) is 6.08 Å². The number of nitrogens with one attached hydrogen (secondary N) is 1. The Bertz CT molecular complexity index is 929. The Labute approximate surface area is 173 Å². The zero-order valence-corrected chi connectivity index (χ0v) is 17.6. The van der Waals surface area contributed by atoms with Crippen molar-refractivity contribution in [3.8, 4) is 0 Å². The minimum absolute atomic E-state index is 0.154. The van der Waals surface area contributed by atoms with Gasteiger partial charge in [0.2, 0.25) is 5.91 Å². The summed E-state index contributed by atoms with van der Waals surface area (Å²) in [5.74, 6) is -1.61. The van der Waals surface area contributed by atoms with Crippen molar-refractivity contribution >= 4 is 45.9 Å². The van der Waals surface area contributed by atoms with E-state index in [4.69, 9.17) is 15.2 Å². The topological polar surface area (TPSA) is 108 Å². The average Bonchev–Trinajstić information content (AvgIpc) is 2.97. The SMILES string of the molecule is CCOC(=O)c1c(NC(=O)/C=C/c2ccc(N)cc2)sc(C(=O)OC(C)C)c1C. The fraction of sp³-hybridized carbons (Fsp3) is 0.286. The number of hydrogen-bond acceptors (Lipinski definition) is 7. The summed E-state index contributed by atoms with van der Waals surface area (Å²) in [7, 11) is 0. The first-order valence-corrected chi connectivity index (χ1v) is 9.90. The molecule has 0 aliphatic rings. The summed E-state index contributed by atoms with van der Waals surface area (Å²) in [6.45, 7) is 6.95. The van der Waals surface area contributed by atoms with Gasteiger partial charge in [-0.05, 0) is 57.0 Å². The van der Waals surface area contributed by atoms with Crippen LogP contribution in [0.5, 0.6) is 0 Å². The smallest absolute Gasteiger partial charge is 0.348 e. The molecule has 0 aliphatic carbocycles. The summed E-state index contributed by atoms with van der Waals surface area (Å²) in [5, 5.41) is 2.90. The average molecular weight is 416 g/mol. The predicted molar refractivity (Wildman–Crippen MR) is 114 cm³/mol. The second-order valence-electron chi connectivity index (χ2n) is 6.42. The van der Waals surface area contributed by atoms with Gasteiger partial charge in [-0.3, -0.25) is 4.79 Å². The highest BCUT2D eigenvalue weighted by Gasteiger charge is 2.27. The summed E-state index contributed by atoms with van der Waals surface area (Å²) >= 11 is 0.985. The molecular weight excluding hydrogens is 392 g/mol. The maximum Gasteiger partial charge on any atom is 0.348 e. The molecule has 154 valence electrons. The molecule has 0 atom stereocenters. The molecule has 1 aromatic heterocycles. The number of rotatable bonds is 7. The van der Waals surface area contributed by atoms with E-state index in [9.17, 15) is 14.4 Å². The van der Waals surface area contributed by atoms with E-state index in [1.165, 1.54) is 6.08 Å². The Hall–Kier alpha value is -3.13. The second-order valence-corrected chi connectivity index (χ2v) is 7.44. The van der Waals surface area contributed by atoms with Crippen molar-refractivity contribution in [2.75, 3.05) is 17.7 Å². The zero-order chi connectivity index (χ0) is 21.6. The maximum absolute atomic E-state index is 12.4. The number of esters is 2. The summed E-state index contributed by atoms with van der Waals surface area (Å²) in [5.41, 5.74) is 7.63. The van der Waals surface area contributed by atoms with E-state index in [-0.39, 0.29) is 28.2 Å². The molecule has 0 fully saturated rings. The van der Waals surface area contributed by atoms with Crippen molar-refractivity contribution in [1.29, 1.82) is 0 Å². The van der Waals surface area contributed by atoms with Gasteiger partial charge in [-0.2, -0.15) is 0 Å². The third-order valence-electron chi connectivity index (χ3n) is 3.75. The lowest BCUT2D eigenvalue weighted by Gasteiger charge is -2.07. The number of thiophene rings is 1. The number of nitrogens with two attached hydrogens (primary N) is 1. The van der Waals surface area contributed by atoms with Crippen LogP contribution in [-0.2, 0) is 14.3 Å². The molecule has 0 saturated heterocycles. The Morgan fingerprint density at radius 3 is 2.41 bits per heavy atom. The van der Waals surface area contributed by atoms with Crippen LogP contribution in [0, 0.1) is 6.92 Å². The van der Waals surface area contributed by atoms with Crippen LogP contribution >= 0.6 is 11.3 Å². The molecule has 7 nitrogen and oxygen atoms in total. The van der Waals surface area contributed by atoms with Crippen LogP contribution in [-0.4, -0.2) is 30.6 Å². The summed E-state index contributed by atoms with van der Waals surface area (Å²) < 4.78 is 10.3. The number of benzene rings is 1. The third kappa shape index (κ3) is 5.92. The van der Waals surface area contributed by atoms with Crippen LogP contribution in [0.4, 0.5) is 10.7 Å². The lowest BCUT2D eigenvalue weighted by atomic mass is 10.1. The van der Waals surface area contributed by atoms with Crippen molar-refractivity contribution in [1.82, 2.24) is 0 Å².